The zero-order valence-electron chi connectivity index (χ0n) is 10.0. The molecule has 1 aromatic carbocycles. The molecule has 0 unspecified atom stereocenters. The maximum absolute atomic E-state index is 5.59. The second-order valence-electron chi connectivity index (χ2n) is 4.07. The number of nitrogens with zero attached hydrogens (tertiary/aromatic N) is 1. The van der Waals surface area contributed by atoms with Crippen molar-refractivity contribution in [2.75, 3.05) is 0 Å². The Labute approximate surface area is 105 Å². The van der Waals surface area contributed by atoms with E-state index in [1.54, 1.807) is 0 Å². The minimum absolute atomic E-state index is 0.198. The number of benzene rings is 1. The van der Waals surface area contributed by atoms with Crippen LogP contribution in [-0.2, 0) is 6.54 Å². The normalized spacial score (nSPS) is 10.8. The van der Waals surface area contributed by atoms with Crippen LogP contribution in [0.2, 0.25) is 0 Å². The summed E-state index contributed by atoms with van der Waals surface area (Å²) >= 11 is 1.45. The fourth-order valence-electron chi connectivity index (χ4n) is 1.52. The molecule has 0 saturated carbocycles. The van der Waals surface area contributed by atoms with E-state index in [0.29, 0.717) is 6.54 Å². The Hall–Kier alpha value is -1.39. The van der Waals surface area contributed by atoms with Gasteiger partial charge in [-0.1, -0.05) is 0 Å². The van der Waals surface area contributed by atoms with Crippen LogP contribution in [0.15, 0.2) is 30.3 Å². The predicted octanol–water partition coefficient (Wildman–Crippen LogP) is 3.06. The van der Waals surface area contributed by atoms with Gasteiger partial charge < -0.3 is 10.5 Å². The van der Waals surface area contributed by atoms with Gasteiger partial charge in [0.1, 0.15) is 5.75 Å². The van der Waals surface area contributed by atoms with Crippen LogP contribution in [0.1, 0.15) is 18.7 Å². The first-order valence-corrected chi connectivity index (χ1v) is 6.39. The van der Waals surface area contributed by atoms with Crippen molar-refractivity contribution in [1.29, 1.82) is 0 Å². The van der Waals surface area contributed by atoms with E-state index in [1.165, 1.54) is 11.5 Å². The molecule has 0 aliphatic rings. The number of ether oxygens (including phenoxy) is 1. The quantitative estimate of drug-likeness (QED) is 0.904. The first kappa shape index (κ1) is 12.1. The molecule has 0 radical (unpaired) electrons. The Balaban J connectivity index is 2.17. The molecule has 2 rings (SSSR count). The van der Waals surface area contributed by atoms with E-state index in [2.05, 4.69) is 4.37 Å². The fraction of sp³-hybridized carbons (Fsp3) is 0.308. The van der Waals surface area contributed by atoms with Gasteiger partial charge in [0.25, 0.3) is 0 Å². The summed E-state index contributed by atoms with van der Waals surface area (Å²) in [6, 6.07) is 10.0. The van der Waals surface area contributed by atoms with Crippen LogP contribution >= 0.6 is 11.5 Å². The van der Waals surface area contributed by atoms with E-state index >= 15 is 0 Å². The smallest absolute Gasteiger partial charge is 0.119 e. The molecule has 0 fully saturated rings. The second kappa shape index (κ2) is 5.29. The predicted molar refractivity (Wildman–Crippen MR) is 71.2 cm³/mol. The molecule has 3 nitrogen and oxygen atoms in total. The third kappa shape index (κ3) is 3.05. The summed E-state index contributed by atoms with van der Waals surface area (Å²) in [6.45, 7) is 4.58. The molecule has 0 aliphatic heterocycles. The molecule has 0 bridgehead atoms. The molecule has 0 atom stereocenters. The Morgan fingerprint density at radius 2 is 2.00 bits per heavy atom. The molecule has 0 saturated heterocycles. The van der Waals surface area contributed by atoms with E-state index in [9.17, 15) is 0 Å². The zero-order valence-corrected chi connectivity index (χ0v) is 10.8. The van der Waals surface area contributed by atoms with Gasteiger partial charge in [-0.05, 0) is 55.7 Å². The van der Waals surface area contributed by atoms with Crippen molar-refractivity contribution in [2.24, 2.45) is 5.73 Å². The Morgan fingerprint density at radius 3 is 2.53 bits per heavy atom. The van der Waals surface area contributed by atoms with Crippen LogP contribution in [0.25, 0.3) is 11.3 Å². The average Bonchev–Trinajstić information content (AvgIpc) is 2.78. The van der Waals surface area contributed by atoms with Crippen LogP contribution in [0.3, 0.4) is 0 Å². The lowest BCUT2D eigenvalue weighted by Crippen LogP contribution is -2.05. The molecular formula is C13H16N2OS. The van der Waals surface area contributed by atoms with Gasteiger partial charge in [0.05, 0.1) is 11.8 Å². The highest BCUT2D eigenvalue weighted by molar-refractivity contribution is 7.06. The summed E-state index contributed by atoms with van der Waals surface area (Å²) in [4.78, 5) is 1.10. The van der Waals surface area contributed by atoms with Gasteiger partial charge in [-0.25, -0.2) is 0 Å². The second-order valence-corrected chi connectivity index (χ2v) is 4.96. The fourth-order valence-corrected chi connectivity index (χ4v) is 2.13. The standard InChI is InChI=1S/C13H16N2OS/c1-9(2)16-11-5-3-10(4-6-11)13-7-12(8-14)17-15-13/h3-7,9H,8,14H2,1-2H3. The van der Waals surface area contributed by atoms with Crippen molar-refractivity contribution in [3.63, 3.8) is 0 Å². The summed E-state index contributed by atoms with van der Waals surface area (Å²) in [5, 5.41) is 0. The number of aromatic nitrogens is 1. The minimum atomic E-state index is 0.198. The van der Waals surface area contributed by atoms with Gasteiger partial charge in [-0.15, -0.1) is 0 Å². The third-order valence-corrected chi connectivity index (χ3v) is 3.09. The first-order valence-electron chi connectivity index (χ1n) is 5.62. The molecule has 4 heteroatoms. The Kier molecular flexibility index (Phi) is 3.76. The molecule has 2 aromatic rings. The monoisotopic (exact) mass is 248 g/mol. The number of nitrogens with two attached hydrogens (primary N) is 1. The van der Waals surface area contributed by atoms with Crippen molar-refractivity contribution in [1.82, 2.24) is 4.37 Å². The summed E-state index contributed by atoms with van der Waals surface area (Å²) in [7, 11) is 0. The first-order chi connectivity index (χ1) is 8.19. The van der Waals surface area contributed by atoms with Gasteiger partial charge in [-0.3, -0.25) is 0 Å². The summed E-state index contributed by atoms with van der Waals surface area (Å²) in [6.07, 6.45) is 0.198. The average molecular weight is 248 g/mol. The lowest BCUT2D eigenvalue weighted by molar-refractivity contribution is 0.242. The van der Waals surface area contributed by atoms with Gasteiger partial charge >= 0.3 is 0 Å². The highest BCUT2D eigenvalue weighted by Crippen LogP contribution is 2.24. The molecule has 90 valence electrons. The maximum Gasteiger partial charge on any atom is 0.119 e. The lowest BCUT2D eigenvalue weighted by atomic mass is 10.1. The van der Waals surface area contributed by atoms with Crippen LogP contribution in [-0.4, -0.2) is 10.5 Å². The number of rotatable bonds is 4. The van der Waals surface area contributed by atoms with Crippen molar-refractivity contribution in [3.05, 3.63) is 35.2 Å². The molecule has 1 heterocycles. The zero-order chi connectivity index (χ0) is 12.3. The van der Waals surface area contributed by atoms with Crippen molar-refractivity contribution >= 4 is 11.5 Å². The largest absolute Gasteiger partial charge is 0.491 e. The SMILES string of the molecule is CC(C)Oc1ccc(-c2cc(CN)sn2)cc1. The van der Waals surface area contributed by atoms with E-state index in [4.69, 9.17) is 10.5 Å². The number of hydrogen-bond donors (Lipinski definition) is 1. The highest BCUT2D eigenvalue weighted by Gasteiger charge is 2.04. The summed E-state index contributed by atoms with van der Waals surface area (Å²) in [5.74, 6) is 0.887. The summed E-state index contributed by atoms with van der Waals surface area (Å²) < 4.78 is 9.96. The Bertz CT molecular complexity index is 476. The minimum Gasteiger partial charge on any atom is -0.491 e. The van der Waals surface area contributed by atoms with Crippen molar-refractivity contribution in [3.8, 4) is 17.0 Å². The van der Waals surface area contributed by atoms with Crippen LogP contribution in [0.4, 0.5) is 0 Å². The van der Waals surface area contributed by atoms with E-state index < -0.39 is 0 Å². The van der Waals surface area contributed by atoms with Gasteiger partial charge in [0.15, 0.2) is 0 Å². The molecule has 1 aromatic heterocycles. The molecule has 2 N–H and O–H groups in total. The molecular weight excluding hydrogens is 232 g/mol. The molecule has 0 aliphatic carbocycles. The molecule has 17 heavy (non-hydrogen) atoms. The molecule has 0 amide bonds. The van der Waals surface area contributed by atoms with Crippen molar-refractivity contribution in [2.45, 2.75) is 26.5 Å². The van der Waals surface area contributed by atoms with E-state index in [0.717, 1.165) is 21.9 Å². The highest BCUT2D eigenvalue weighted by atomic mass is 32.1. The van der Waals surface area contributed by atoms with Crippen LogP contribution in [0, 0.1) is 0 Å². The van der Waals surface area contributed by atoms with Gasteiger partial charge in [-0.2, -0.15) is 4.37 Å². The van der Waals surface area contributed by atoms with Crippen LogP contribution in [0.5, 0.6) is 5.75 Å². The maximum atomic E-state index is 5.59. The van der Waals surface area contributed by atoms with E-state index in [-0.39, 0.29) is 6.10 Å². The lowest BCUT2D eigenvalue weighted by Gasteiger charge is -2.09. The van der Waals surface area contributed by atoms with Gasteiger partial charge in [0.2, 0.25) is 0 Å². The topological polar surface area (TPSA) is 48.1 Å². The van der Waals surface area contributed by atoms with E-state index in [1.807, 2.05) is 44.2 Å². The van der Waals surface area contributed by atoms with Crippen molar-refractivity contribution < 1.29 is 4.74 Å². The summed E-state index contributed by atoms with van der Waals surface area (Å²) in [5.41, 5.74) is 7.64. The molecule has 0 spiro atoms. The van der Waals surface area contributed by atoms with Gasteiger partial charge in [0, 0.05) is 17.0 Å². The Morgan fingerprint density at radius 1 is 1.29 bits per heavy atom. The third-order valence-electron chi connectivity index (χ3n) is 2.28. The number of hydrogen-bond acceptors (Lipinski definition) is 4. The van der Waals surface area contributed by atoms with Crippen LogP contribution < -0.4 is 10.5 Å².